The van der Waals surface area contributed by atoms with Crippen LogP contribution in [0.1, 0.15) is 37.0 Å². The van der Waals surface area contributed by atoms with Crippen molar-refractivity contribution in [1.82, 2.24) is 4.98 Å². The van der Waals surface area contributed by atoms with Crippen LogP contribution in [0.15, 0.2) is 12.3 Å². The fourth-order valence-corrected chi connectivity index (χ4v) is 2.77. The van der Waals surface area contributed by atoms with Crippen LogP contribution >= 0.6 is 11.8 Å². The fourth-order valence-electron chi connectivity index (χ4n) is 1.97. The minimum absolute atomic E-state index is 0.0346. The number of hydrogen-bond donors (Lipinski definition) is 2. The molecule has 0 saturated carbocycles. The smallest absolute Gasteiger partial charge is 0.342 e. The Balaban J connectivity index is 2.98. The van der Waals surface area contributed by atoms with Crippen molar-refractivity contribution in [3.8, 4) is 0 Å². The lowest BCUT2D eigenvalue weighted by molar-refractivity contribution is -0.385. The summed E-state index contributed by atoms with van der Waals surface area (Å²) in [5.74, 6) is -1.01. The maximum absolute atomic E-state index is 11.1. The summed E-state index contributed by atoms with van der Waals surface area (Å²) in [6.45, 7) is 4.80. The average molecular weight is 313 g/mol. The zero-order valence-electron chi connectivity index (χ0n) is 12.3. The van der Waals surface area contributed by atoms with E-state index in [1.165, 1.54) is 6.07 Å². The zero-order chi connectivity index (χ0) is 16.0. The first-order valence-corrected chi connectivity index (χ1v) is 7.78. The highest BCUT2D eigenvalue weighted by atomic mass is 32.2. The number of thioether (sulfide) groups is 1. The molecule has 0 aliphatic carbocycles. The Bertz CT molecular complexity index is 524. The van der Waals surface area contributed by atoms with Gasteiger partial charge in [0.15, 0.2) is 0 Å². The van der Waals surface area contributed by atoms with Crippen LogP contribution < -0.4 is 5.32 Å². The zero-order valence-corrected chi connectivity index (χ0v) is 13.1. The van der Waals surface area contributed by atoms with Gasteiger partial charge in [0.1, 0.15) is 17.6 Å². The molecule has 0 aliphatic heterocycles. The lowest BCUT2D eigenvalue weighted by Gasteiger charge is -2.30. The number of nitrogens with one attached hydrogen (secondary N) is 1. The molecule has 0 aromatic carbocycles. The van der Waals surface area contributed by atoms with Crippen molar-refractivity contribution in [3.05, 3.63) is 27.9 Å². The third-order valence-electron chi connectivity index (χ3n) is 3.62. The van der Waals surface area contributed by atoms with E-state index in [9.17, 15) is 14.9 Å². The summed E-state index contributed by atoms with van der Waals surface area (Å²) in [6.07, 6.45) is 4.91. The molecule has 0 unspecified atom stereocenters. The molecule has 1 aromatic rings. The molecule has 0 bridgehead atoms. The van der Waals surface area contributed by atoms with Crippen molar-refractivity contribution in [2.45, 2.75) is 31.4 Å². The maximum Gasteiger partial charge on any atom is 0.342 e. The molecule has 2 N–H and O–H groups in total. The highest BCUT2D eigenvalue weighted by Gasteiger charge is 2.26. The summed E-state index contributed by atoms with van der Waals surface area (Å²) in [7, 11) is 0. The van der Waals surface area contributed by atoms with Crippen LogP contribution in [0, 0.1) is 10.1 Å². The monoisotopic (exact) mass is 313 g/mol. The molecule has 0 spiro atoms. The molecule has 0 atom stereocenters. The fraction of sp³-hybridized carbons (Fsp3) is 0.538. The van der Waals surface area contributed by atoms with E-state index in [1.807, 2.05) is 6.26 Å². The number of rotatable bonds is 8. The predicted molar refractivity (Wildman–Crippen MR) is 83.2 cm³/mol. The van der Waals surface area contributed by atoms with Gasteiger partial charge in [0.05, 0.1) is 4.92 Å². The number of carboxylic acids is 1. The molecule has 7 nitrogen and oxygen atoms in total. The summed E-state index contributed by atoms with van der Waals surface area (Å²) >= 11 is 1.74. The maximum atomic E-state index is 11.1. The topological polar surface area (TPSA) is 105 Å². The summed E-state index contributed by atoms with van der Waals surface area (Å²) in [4.78, 5) is 25.0. The molecule has 0 amide bonds. The number of aromatic carboxylic acids is 1. The van der Waals surface area contributed by atoms with E-state index in [0.29, 0.717) is 12.4 Å². The molecule has 1 heterocycles. The van der Waals surface area contributed by atoms with E-state index in [-0.39, 0.29) is 10.3 Å². The van der Waals surface area contributed by atoms with E-state index in [1.54, 1.807) is 11.8 Å². The predicted octanol–water partition coefficient (Wildman–Crippen LogP) is 3.02. The highest BCUT2D eigenvalue weighted by Crippen LogP contribution is 2.31. The standard InChI is InChI=1S/C13H19N3O4S/c1-4-13(5-2,21-3)8-15-11-6-9(12(17)18)10(7-14-11)16(19)20/h6-7H,4-5,8H2,1-3H3,(H,14,15)(H,17,18). The summed E-state index contributed by atoms with van der Waals surface area (Å²) in [5.41, 5.74) is -0.865. The Morgan fingerprint density at radius 1 is 1.52 bits per heavy atom. The number of pyridine rings is 1. The molecule has 1 rings (SSSR count). The van der Waals surface area contributed by atoms with Crippen LogP contribution in [0.2, 0.25) is 0 Å². The van der Waals surface area contributed by atoms with Crippen LogP contribution in [-0.4, -0.2) is 38.5 Å². The van der Waals surface area contributed by atoms with Gasteiger partial charge in [-0.3, -0.25) is 10.1 Å². The van der Waals surface area contributed by atoms with Crippen molar-refractivity contribution in [3.63, 3.8) is 0 Å². The van der Waals surface area contributed by atoms with Gasteiger partial charge in [0.25, 0.3) is 0 Å². The molecule has 0 aliphatic rings. The Kier molecular flexibility index (Phi) is 5.95. The second-order valence-electron chi connectivity index (χ2n) is 4.60. The normalized spacial score (nSPS) is 11.2. The number of nitrogens with zero attached hydrogens (tertiary/aromatic N) is 2. The first-order valence-electron chi connectivity index (χ1n) is 6.56. The molecule has 0 saturated heterocycles. The minimum atomic E-state index is -1.34. The lowest BCUT2D eigenvalue weighted by atomic mass is 10.0. The van der Waals surface area contributed by atoms with Crippen molar-refractivity contribution < 1.29 is 14.8 Å². The summed E-state index contributed by atoms with van der Waals surface area (Å²) < 4.78 is 0.0346. The molecule has 8 heteroatoms. The second-order valence-corrected chi connectivity index (χ2v) is 5.87. The molecular weight excluding hydrogens is 294 g/mol. The largest absolute Gasteiger partial charge is 0.477 e. The van der Waals surface area contributed by atoms with Gasteiger partial charge in [0.2, 0.25) is 0 Å². The van der Waals surface area contributed by atoms with Crippen molar-refractivity contribution in [1.29, 1.82) is 0 Å². The van der Waals surface area contributed by atoms with Crippen LogP contribution in [-0.2, 0) is 0 Å². The molecule has 0 fully saturated rings. The average Bonchev–Trinajstić information content (AvgIpc) is 2.48. The molecular formula is C13H19N3O4S. The Morgan fingerprint density at radius 2 is 2.14 bits per heavy atom. The van der Waals surface area contributed by atoms with Gasteiger partial charge in [-0.05, 0) is 19.1 Å². The van der Waals surface area contributed by atoms with Gasteiger partial charge in [-0.2, -0.15) is 11.8 Å². The van der Waals surface area contributed by atoms with Gasteiger partial charge in [-0.1, -0.05) is 13.8 Å². The molecule has 0 radical (unpaired) electrons. The van der Waals surface area contributed by atoms with E-state index in [0.717, 1.165) is 19.0 Å². The lowest BCUT2D eigenvalue weighted by Crippen LogP contribution is -2.32. The van der Waals surface area contributed by atoms with E-state index >= 15 is 0 Å². The van der Waals surface area contributed by atoms with E-state index in [4.69, 9.17) is 5.11 Å². The van der Waals surface area contributed by atoms with Crippen molar-refractivity contribution in [2.24, 2.45) is 0 Å². The Morgan fingerprint density at radius 3 is 2.57 bits per heavy atom. The molecule has 1 aromatic heterocycles. The summed E-state index contributed by atoms with van der Waals surface area (Å²) in [5, 5.41) is 22.9. The van der Waals surface area contributed by atoms with Gasteiger partial charge < -0.3 is 10.4 Å². The molecule has 21 heavy (non-hydrogen) atoms. The van der Waals surface area contributed by atoms with Gasteiger partial charge in [-0.15, -0.1) is 0 Å². The van der Waals surface area contributed by atoms with Gasteiger partial charge >= 0.3 is 11.7 Å². The Labute approximate surface area is 127 Å². The Hall–Kier alpha value is -1.83. The van der Waals surface area contributed by atoms with Crippen LogP contribution in [0.5, 0.6) is 0 Å². The number of anilines is 1. The van der Waals surface area contributed by atoms with Crippen LogP contribution in [0.3, 0.4) is 0 Å². The van der Waals surface area contributed by atoms with E-state index in [2.05, 4.69) is 24.1 Å². The number of carbonyl (C=O) groups is 1. The highest BCUT2D eigenvalue weighted by molar-refractivity contribution is 8.00. The van der Waals surface area contributed by atoms with Crippen LogP contribution in [0.4, 0.5) is 11.5 Å². The minimum Gasteiger partial charge on any atom is -0.477 e. The number of carboxylic acid groups (broad SMARTS) is 1. The number of hydrogen-bond acceptors (Lipinski definition) is 6. The molecule has 116 valence electrons. The summed E-state index contributed by atoms with van der Waals surface area (Å²) in [6, 6.07) is 1.21. The first kappa shape index (κ1) is 17.2. The second kappa shape index (κ2) is 7.26. The third-order valence-corrected chi connectivity index (χ3v) is 5.21. The SMILES string of the molecule is CCC(CC)(CNc1cc(C(=O)O)c([N+](=O)[O-])cn1)SC. The van der Waals surface area contributed by atoms with E-state index < -0.39 is 16.6 Å². The van der Waals surface area contributed by atoms with Crippen molar-refractivity contribution >= 4 is 29.2 Å². The number of nitro groups is 1. The third kappa shape index (κ3) is 4.07. The first-order chi connectivity index (χ1) is 9.89. The van der Waals surface area contributed by atoms with Gasteiger partial charge in [0, 0.05) is 17.4 Å². The van der Waals surface area contributed by atoms with Crippen LogP contribution in [0.25, 0.3) is 0 Å². The van der Waals surface area contributed by atoms with Crippen molar-refractivity contribution in [2.75, 3.05) is 18.1 Å². The quantitative estimate of drug-likeness (QED) is 0.561. The number of aromatic nitrogens is 1. The van der Waals surface area contributed by atoms with Gasteiger partial charge in [-0.25, -0.2) is 9.78 Å².